The van der Waals surface area contributed by atoms with Gasteiger partial charge in [-0.2, -0.15) is 4.39 Å². The lowest BCUT2D eigenvalue weighted by Crippen LogP contribution is -2.43. The predicted molar refractivity (Wildman–Crippen MR) is 138 cm³/mol. The number of carboxylic acid groups (broad SMARTS) is 1. The van der Waals surface area contributed by atoms with Crippen LogP contribution in [0.5, 0.6) is 5.75 Å². The van der Waals surface area contributed by atoms with Crippen LogP contribution in [0.15, 0.2) is 36.4 Å². The van der Waals surface area contributed by atoms with Crippen LogP contribution >= 0.6 is 0 Å². The number of aliphatic hydroxyl groups is 1. The van der Waals surface area contributed by atoms with Crippen LogP contribution < -0.4 is 9.33 Å². The first kappa shape index (κ1) is 25.2. The van der Waals surface area contributed by atoms with Crippen molar-refractivity contribution in [2.45, 2.75) is 51.7 Å². The van der Waals surface area contributed by atoms with Gasteiger partial charge in [0.25, 0.3) is 0 Å². The Bertz CT molecular complexity index is 1240. The summed E-state index contributed by atoms with van der Waals surface area (Å²) >= 11 is 0. The number of fused-ring (bicyclic) bond motifs is 1. The van der Waals surface area contributed by atoms with Gasteiger partial charge in [0.15, 0.2) is 0 Å². The van der Waals surface area contributed by atoms with Crippen molar-refractivity contribution in [1.29, 1.82) is 0 Å². The molecule has 0 aliphatic carbocycles. The lowest BCUT2D eigenvalue weighted by molar-refractivity contribution is 0.198. The van der Waals surface area contributed by atoms with E-state index in [2.05, 4.69) is 38.8 Å². The Kier molecular flexibility index (Phi) is 6.67. The first-order chi connectivity index (χ1) is 16.4. The fourth-order valence-corrected chi connectivity index (χ4v) is 5.27. The van der Waals surface area contributed by atoms with Crippen molar-refractivity contribution < 1.29 is 23.8 Å². The third-order valence-electron chi connectivity index (χ3n) is 7.45. The second-order valence-corrected chi connectivity index (χ2v) is 15.6. The molecule has 0 unspecified atom stereocenters. The number of carbonyl (C=O) groups is 1. The summed E-state index contributed by atoms with van der Waals surface area (Å²) in [6, 6.07) is 10.3. The Morgan fingerprint density at radius 2 is 1.86 bits per heavy atom. The average Bonchev–Trinajstić information content (AvgIpc) is 3.16. The maximum absolute atomic E-state index is 15.2. The Labute approximate surface area is 206 Å². The first-order valence-corrected chi connectivity index (χ1v) is 14.9. The molecule has 9 heteroatoms. The number of rotatable bonds is 5. The maximum atomic E-state index is 15.2. The summed E-state index contributed by atoms with van der Waals surface area (Å²) in [4.78, 5) is 18.3. The van der Waals surface area contributed by atoms with Crippen molar-refractivity contribution in [2.24, 2.45) is 5.92 Å². The molecule has 3 heterocycles. The quantitative estimate of drug-likeness (QED) is 0.333. The molecule has 188 valence electrons. The van der Waals surface area contributed by atoms with Gasteiger partial charge in [-0.3, -0.25) is 0 Å². The highest BCUT2D eigenvalue weighted by atomic mass is 28.4. The van der Waals surface area contributed by atoms with Gasteiger partial charge in [-0.25, -0.2) is 14.3 Å². The van der Waals surface area contributed by atoms with E-state index in [0.717, 1.165) is 17.4 Å². The van der Waals surface area contributed by atoms with E-state index >= 15 is 4.39 Å². The molecule has 0 saturated carbocycles. The van der Waals surface area contributed by atoms with Crippen molar-refractivity contribution in [3.8, 4) is 17.0 Å². The SMILES string of the molecule is CC(C)(C)[Si](C)(C)Oc1ccc2c(c1)cc(-c1ccc(N3CCC(CO)CC3)nc1F)n2C(=O)O. The van der Waals surface area contributed by atoms with E-state index in [9.17, 15) is 15.0 Å². The smallest absolute Gasteiger partial charge is 0.416 e. The lowest BCUT2D eigenvalue weighted by atomic mass is 9.98. The third kappa shape index (κ3) is 4.92. The minimum absolute atomic E-state index is 0.0179. The Hall–Kier alpha value is -2.91. The number of halogens is 1. The van der Waals surface area contributed by atoms with Gasteiger partial charge in [-0.05, 0) is 73.3 Å². The fraction of sp³-hybridized carbons (Fsp3) is 0.462. The molecule has 2 N–H and O–H groups in total. The van der Waals surface area contributed by atoms with Crippen LogP contribution in [-0.2, 0) is 0 Å². The standard InChI is InChI=1S/C26H34FN3O4Si/c1-26(2,3)35(4,5)34-19-6-8-21-18(14-19)15-22(30(21)25(32)33)20-7-9-23(28-24(20)27)29-12-10-17(16-31)11-13-29/h6-9,14-15,17,31H,10-13,16H2,1-5H3,(H,32,33). The summed E-state index contributed by atoms with van der Waals surface area (Å²) in [6.45, 7) is 12.3. The molecular weight excluding hydrogens is 465 g/mol. The lowest BCUT2D eigenvalue weighted by Gasteiger charge is -2.36. The van der Waals surface area contributed by atoms with E-state index in [1.807, 2.05) is 11.0 Å². The van der Waals surface area contributed by atoms with Crippen LogP contribution in [0.1, 0.15) is 33.6 Å². The third-order valence-corrected chi connectivity index (χ3v) is 11.8. The summed E-state index contributed by atoms with van der Waals surface area (Å²) in [7, 11) is -2.08. The fourth-order valence-electron chi connectivity index (χ4n) is 4.25. The Balaban J connectivity index is 1.69. The van der Waals surface area contributed by atoms with E-state index in [-0.39, 0.29) is 28.8 Å². The summed E-state index contributed by atoms with van der Waals surface area (Å²) in [5.74, 6) is 0.756. The van der Waals surface area contributed by atoms with E-state index in [1.54, 1.807) is 30.3 Å². The largest absolute Gasteiger partial charge is 0.543 e. The molecule has 1 aliphatic heterocycles. The van der Waals surface area contributed by atoms with Crippen LogP contribution in [0.25, 0.3) is 22.2 Å². The zero-order chi connectivity index (χ0) is 25.5. The second-order valence-electron chi connectivity index (χ2n) is 10.9. The molecule has 35 heavy (non-hydrogen) atoms. The van der Waals surface area contributed by atoms with Gasteiger partial charge in [-0.15, -0.1) is 0 Å². The second kappa shape index (κ2) is 9.27. The van der Waals surface area contributed by atoms with E-state index < -0.39 is 20.4 Å². The normalized spacial score (nSPS) is 15.6. The van der Waals surface area contributed by atoms with E-state index in [4.69, 9.17) is 4.43 Å². The Morgan fingerprint density at radius 3 is 2.43 bits per heavy atom. The topological polar surface area (TPSA) is 87.8 Å². The van der Waals surface area contributed by atoms with Gasteiger partial charge in [0, 0.05) is 25.1 Å². The predicted octanol–water partition coefficient (Wildman–Crippen LogP) is 5.96. The molecule has 0 atom stereocenters. The average molecular weight is 500 g/mol. The molecule has 7 nitrogen and oxygen atoms in total. The molecule has 0 bridgehead atoms. The van der Waals surface area contributed by atoms with Gasteiger partial charge in [0.05, 0.1) is 16.8 Å². The van der Waals surface area contributed by atoms with E-state index in [0.29, 0.717) is 35.6 Å². The molecule has 4 rings (SSSR count). The van der Waals surface area contributed by atoms with Crippen molar-refractivity contribution in [3.63, 3.8) is 0 Å². The summed E-state index contributed by atoms with van der Waals surface area (Å²) in [6.07, 6.45) is 0.463. The molecule has 3 aromatic rings. The first-order valence-electron chi connectivity index (χ1n) is 12.0. The van der Waals surface area contributed by atoms with E-state index in [1.165, 1.54) is 0 Å². The highest BCUT2D eigenvalue weighted by molar-refractivity contribution is 6.74. The summed E-state index contributed by atoms with van der Waals surface area (Å²) < 4.78 is 22.7. The van der Waals surface area contributed by atoms with Crippen LogP contribution in [0.4, 0.5) is 15.0 Å². The molecule has 1 aliphatic rings. The van der Waals surface area contributed by atoms with Crippen LogP contribution in [0, 0.1) is 11.9 Å². The number of anilines is 1. The summed E-state index contributed by atoms with van der Waals surface area (Å²) in [5.41, 5.74) is 0.821. The van der Waals surface area contributed by atoms with Gasteiger partial charge in [0.2, 0.25) is 14.3 Å². The number of pyridine rings is 1. The minimum Gasteiger partial charge on any atom is -0.543 e. The van der Waals surface area contributed by atoms with Gasteiger partial charge < -0.3 is 19.5 Å². The highest BCUT2D eigenvalue weighted by Gasteiger charge is 2.39. The van der Waals surface area contributed by atoms with Gasteiger partial charge in [-0.1, -0.05) is 20.8 Å². The van der Waals surface area contributed by atoms with Crippen LogP contribution in [-0.4, -0.2) is 53.9 Å². The summed E-state index contributed by atoms with van der Waals surface area (Å²) in [5, 5.41) is 20.0. The molecule has 1 fully saturated rings. The van der Waals surface area contributed by atoms with Crippen LogP contribution in [0.3, 0.4) is 0 Å². The molecule has 0 amide bonds. The number of benzene rings is 1. The minimum atomic E-state index is -2.08. The monoisotopic (exact) mass is 499 g/mol. The molecule has 2 aromatic heterocycles. The van der Waals surface area contributed by atoms with Gasteiger partial charge in [0.1, 0.15) is 11.6 Å². The number of hydrogen-bond acceptors (Lipinski definition) is 5. The van der Waals surface area contributed by atoms with Crippen molar-refractivity contribution in [2.75, 3.05) is 24.6 Å². The molecular formula is C26H34FN3O4Si. The zero-order valence-electron chi connectivity index (χ0n) is 21.0. The molecule has 0 spiro atoms. The molecule has 1 saturated heterocycles. The maximum Gasteiger partial charge on any atom is 0.416 e. The highest BCUT2D eigenvalue weighted by Crippen LogP contribution is 2.39. The zero-order valence-corrected chi connectivity index (χ0v) is 22.0. The number of aliphatic hydroxyl groups excluding tert-OH is 1. The van der Waals surface area contributed by atoms with Crippen molar-refractivity contribution >= 4 is 31.1 Å². The van der Waals surface area contributed by atoms with Crippen molar-refractivity contribution in [1.82, 2.24) is 9.55 Å². The molecule has 1 aromatic carbocycles. The van der Waals surface area contributed by atoms with Gasteiger partial charge >= 0.3 is 6.09 Å². The number of piperidine rings is 1. The number of nitrogens with zero attached hydrogens (tertiary/aromatic N) is 3. The number of aromatic nitrogens is 2. The Morgan fingerprint density at radius 1 is 1.17 bits per heavy atom. The number of hydrogen-bond donors (Lipinski definition) is 2. The molecule has 0 radical (unpaired) electrons. The van der Waals surface area contributed by atoms with Crippen LogP contribution in [0.2, 0.25) is 18.1 Å². The van der Waals surface area contributed by atoms with Crippen molar-refractivity contribution in [3.05, 3.63) is 42.3 Å².